The Hall–Kier alpha value is -0.850. The highest BCUT2D eigenvalue weighted by Crippen LogP contribution is 2.21. The second-order valence-electron chi connectivity index (χ2n) is 2.69. The van der Waals surface area contributed by atoms with Gasteiger partial charge in [0.2, 0.25) is 0 Å². The highest BCUT2D eigenvalue weighted by Gasteiger charge is 2.21. The van der Waals surface area contributed by atoms with Crippen LogP contribution >= 0.6 is 15.9 Å². The monoisotopic (exact) mass is 225 g/mol. The number of hydrogen-bond acceptors (Lipinski definition) is 2. The molecule has 1 N–H and O–H groups in total. The van der Waals surface area contributed by atoms with Gasteiger partial charge in [-0.3, -0.25) is 0 Å². The summed E-state index contributed by atoms with van der Waals surface area (Å²) in [5, 5.41) is 18.1. The third-order valence-electron chi connectivity index (χ3n) is 1.62. The van der Waals surface area contributed by atoms with E-state index in [1.807, 2.05) is 6.07 Å². The molecule has 0 amide bonds. The van der Waals surface area contributed by atoms with E-state index in [-0.39, 0.29) is 0 Å². The van der Waals surface area contributed by atoms with Crippen LogP contribution in [0.15, 0.2) is 28.7 Å². The van der Waals surface area contributed by atoms with Crippen molar-refractivity contribution in [2.45, 2.75) is 12.5 Å². The minimum absolute atomic E-state index is 0.605. The Morgan fingerprint density at radius 2 is 1.92 bits per heavy atom. The molecule has 0 saturated carbocycles. The zero-order valence-corrected chi connectivity index (χ0v) is 8.17. The smallest absolute Gasteiger partial charge is 0.173 e. The standard InChI is InChI=1S/C9H8BrNO/c1-9(12,6-11)7-2-4-8(10)5-3-7/h2-5,12H,1H3/t9-/m0/s1. The molecule has 0 unspecified atom stereocenters. The number of halogens is 1. The first-order chi connectivity index (χ1) is 5.56. The van der Waals surface area contributed by atoms with Crippen LogP contribution in [0.5, 0.6) is 0 Å². The number of aliphatic hydroxyl groups is 1. The minimum atomic E-state index is -1.39. The van der Waals surface area contributed by atoms with E-state index < -0.39 is 5.60 Å². The van der Waals surface area contributed by atoms with Crippen LogP contribution in [-0.2, 0) is 5.60 Å². The van der Waals surface area contributed by atoms with Gasteiger partial charge >= 0.3 is 0 Å². The molecular formula is C9H8BrNO. The lowest BCUT2D eigenvalue weighted by Crippen LogP contribution is -2.17. The largest absolute Gasteiger partial charge is 0.372 e. The van der Waals surface area contributed by atoms with Gasteiger partial charge in [-0.05, 0) is 24.6 Å². The first kappa shape index (κ1) is 9.24. The Bertz CT molecular complexity index is 310. The van der Waals surface area contributed by atoms with E-state index in [9.17, 15) is 5.11 Å². The van der Waals surface area contributed by atoms with Crippen molar-refractivity contribution in [1.29, 1.82) is 5.26 Å². The quantitative estimate of drug-likeness (QED) is 0.746. The molecule has 0 saturated heterocycles. The topological polar surface area (TPSA) is 44.0 Å². The van der Waals surface area contributed by atoms with E-state index >= 15 is 0 Å². The van der Waals surface area contributed by atoms with Gasteiger partial charge in [0, 0.05) is 4.47 Å². The van der Waals surface area contributed by atoms with Crippen LogP contribution in [-0.4, -0.2) is 5.11 Å². The van der Waals surface area contributed by atoms with Crippen molar-refractivity contribution in [2.24, 2.45) is 0 Å². The first-order valence-electron chi connectivity index (χ1n) is 3.46. The van der Waals surface area contributed by atoms with Crippen molar-refractivity contribution in [2.75, 3.05) is 0 Å². The van der Waals surface area contributed by atoms with E-state index in [0.29, 0.717) is 5.56 Å². The summed E-state index contributed by atoms with van der Waals surface area (Å²) in [5.41, 5.74) is -0.783. The maximum atomic E-state index is 9.51. The van der Waals surface area contributed by atoms with Crippen molar-refractivity contribution < 1.29 is 5.11 Å². The van der Waals surface area contributed by atoms with Gasteiger partial charge in [0.25, 0.3) is 0 Å². The molecule has 12 heavy (non-hydrogen) atoms. The molecule has 2 nitrogen and oxygen atoms in total. The summed E-state index contributed by atoms with van der Waals surface area (Å²) >= 11 is 3.27. The zero-order chi connectivity index (χ0) is 9.19. The lowest BCUT2D eigenvalue weighted by molar-refractivity contribution is 0.119. The Kier molecular flexibility index (Phi) is 2.51. The van der Waals surface area contributed by atoms with Gasteiger partial charge in [-0.15, -0.1) is 0 Å². The fourth-order valence-corrected chi connectivity index (χ4v) is 1.10. The van der Waals surface area contributed by atoms with Gasteiger partial charge in [-0.2, -0.15) is 5.26 Å². The normalized spacial score (nSPS) is 14.8. The van der Waals surface area contributed by atoms with E-state index in [4.69, 9.17) is 5.26 Å². The van der Waals surface area contributed by atoms with Gasteiger partial charge in [-0.25, -0.2) is 0 Å². The van der Waals surface area contributed by atoms with Crippen LogP contribution < -0.4 is 0 Å². The summed E-state index contributed by atoms with van der Waals surface area (Å²) in [7, 11) is 0. The molecule has 0 heterocycles. The molecule has 0 aliphatic carbocycles. The second-order valence-corrected chi connectivity index (χ2v) is 3.61. The maximum absolute atomic E-state index is 9.51. The van der Waals surface area contributed by atoms with Crippen LogP contribution in [0.1, 0.15) is 12.5 Å². The van der Waals surface area contributed by atoms with Gasteiger partial charge in [0.15, 0.2) is 5.60 Å². The van der Waals surface area contributed by atoms with Crippen LogP contribution in [0, 0.1) is 11.3 Å². The Balaban J connectivity index is 3.07. The number of hydrogen-bond donors (Lipinski definition) is 1. The first-order valence-corrected chi connectivity index (χ1v) is 4.25. The average molecular weight is 226 g/mol. The van der Waals surface area contributed by atoms with Gasteiger partial charge in [0.05, 0.1) is 0 Å². The van der Waals surface area contributed by atoms with Crippen LogP contribution in [0.2, 0.25) is 0 Å². The zero-order valence-electron chi connectivity index (χ0n) is 6.58. The predicted molar refractivity (Wildman–Crippen MR) is 49.3 cm³/mol. The Labute approximate surface area is 79.6 Å². The summed E-state index contributed by atoms with van der Waals surface area (Å²) < 4.78 is 0.931. The molecule has 0 fully saturated rings. The van der Waals surface area contributed by atoms with Crippen molar-refractivity contribution >= 4 is 15.9 Å². The summed E-state index contributed by atoms with van der Waals surface area (Å²) in [6, 6.07) is 8.83. The van der Waals surface area contributed by atoms with Crippen molar-refractivity contribution in [1.82, 2.24) is 0 Å². The maximum Gasteiger partial charge on any atom is 0.173 e. The van der Waals surface area contributed by atoms with E-state index in [1.54, 1.807) is 24.3 Å². The molecule has 3 heteroatoms. The molecule has 0 bridgehead atoms. The molecule has 1 aromatic carbocycles. The molecular weight excluding hydrogens is 218 g/mol. The number of benzene rings is 1. The predicted octanol–water partition coefficient (Wildman–Crippen LogP) is 2.18. The fraction of sp³-hybridized carbons (Fsp3) is 0.222. The average Bonchev–Trinajstić information content (AvgIpc) is 2.05. The van der Waals surface area contributed by atoms with Crippen molar-refractivity contribution in [3.05, 3.63) is 34.3 Å². The molecule has 0 aliphatic rings. The SMILES string of the molecule is C[C@](O)(C#N)c1ccc(Br)cc1. The van der Waals surface area contributed by atoms with E-state index in [0.717, 1.165) is 4.47 Å². The second kappa shape index (κ2) is 3.26. The minimum Gasteiger partial charge on any atom is -0.372 e. The van der Waals surface area contributed by atoms with E-state index in [2.05, 4.69) is 15.9 Å². The highest BCUT2D eigenvalue weighted by atomic mass is 79.9. The number of nitrogens with zero attached hydrogens (tertiary/aromatic N) is 1. The molecule has 1 atom stereocenters. The van der Waals surface area contributed by atoms with Crippen LogP contribution in [0.3, 0.4) is 0 Å². The summed E-state index contributed by atoms with van der Waals surface area (Å²) in [6.07, 6.45) is 0. The molecule has 0 aliphatic heterocycles. The summed E-state index contributed by atoms with van der Waals surface area (Å²) in [5.74, 6) is 0. The molecule has 0 spiro atoms. The van der Waals surface area contributed by atoms with Gasteiger partial charge in [0.1, 0.15) is 6.07 Å². The van der Waals surface area contributed by atoms with Crippen molar-refractivity contribution in [3.8, 4) is 6.07 Å². The highest BCUT2D eigenvalue weighted by molar-refractivity contribution is 9.10. The lowest BCUT2D eigenvalue weighted by atomic mass is 9.98. The number of rotatable bonds is 1. The Morgan fingerprint density at radius 1 is 1.42 bits per heavy atom. The van der Waals surface area contributed by atoms with Crippen molar-refractivity contribution in [3.63, 3.8) is 0 Å². The number of nitriles is 1. The van der Waals surface area contributed by atoms with E-state index in [1.165, 1.54) is 6.92 Å². The van der Waals surface area contributed by atoms with Crippen LogP contribution in [0.4, 0.5) is 0 Å². The van der Waals surface area contributed by atoms with Gasteiger partial charge in [-0.1, -0.05) is 28.1 Å². The third-order valence-corrected chi connectivity index (χ3v) is 2.15. The molecule has 1 aromatic rings. The van der Waals surface area contributed by atoms with Crippen LogP contribution in [0.25, 0.3) is 0 Å². The van der Waals surface area contributed by atoms with Gasteiger partial charge < -0.3 is 5.11 Å². The third kappa shape index (κ3) is 1.84. The Morgan fingerprint density at radius 3 is 2.33 bits per heavy atom. The molecule has 62 valence electrons. The molecule has 0 radical (unpaired) electrons. The lowest BCUT2D eigenvalue weighted by Gasteiger charge is -2.13. The fourth-order valence-electron chi connectivity index (χ4n) is 0.839. The molecule has 1 rings (SSSR count). The summed E-state index contributed by atoms with van der Waals surface area (Å²) in [6.45, 7) is 1.47. The summed E-state index contributed by atoms with van der Waals surface area (Å²) in [4.78, 5) is 0. The molecule has 0 aromatic heterocycles.